The van der Waals surface area contributed by atoms with Crippen LogP contribution in [0.25, 0.3) is 22.2 Å². The summed E-state index contributed by atoms with van der Waals surface area (Å²) in [7, 11) is 1.99. The summed E-state index contributed by atoms with van der Waals surface area (Å²) in [6.07, 6.45) is 3.33. The Bertz CT molecular complexity index is 690. The van der Waals surface area contributed by atoms with Crippen molar-refractivity contribution in [3.8, 4) is 11.3 Å². The van der Waals surface area contributed by atoms with E-state index < -0.39 is 0 Å². The lowest BCUT2D eigenvalue weighted by Crippen LogP contribution is -1.90. The number of aromatic nitrogens is 4. The molecule has 0 N–H and O–H groups in total. The van der Waals surface area contributed by atoms with Crippen LogP contribution in [0, 0.1) is 0 Å². The average Bonchev–Trinajstić information content (AvgIpc) is 2.68. The van der Waals surface area contributed by atoms with Gasteiger partial charge in [-0.2, -0.15) is 0 Å². The van der Waals surface area contributed by atoms with Gasteiger partial charge in [0.2, 0.25) is 0 Å². The first-order valence-electron chi connectivity index (χ1n) is 5.15. The SMILES string of the molecule is Cn1cc(-c2nncnc2Cl)c2ccccc21. The molecule has 5 heteroatoms. The van der Waals surface area contributed by atoms with Crippen LogP contribution in [-0.2, 0) is 7.05 Å². The fraction of sp³-hybridized carbons (Fsp3) is 0.0833. The molecule has 0 radical (unpaired) electrons. The summed E-state index contributed by atoms with van der Waals surface area (Å²) in [5.74, 6) is 0. The van der Waals surface area contributed by atoms with Gasteiger partial charge in [0.15, 0.2) is 5.15 Å². The van der Waals surface area contributed by atoms with E-state index in [9.17, 15) is 0 Å². The van der Waals surface area contributed by atoms with Gasteiger partial charge < -0.3 is 4.57 Å². The zero-order valence-corrected chi connectivity index (χ0v) is 9.89. The van der Waals surface area contributed by atoms with Crippen molar-refractivity contribution in [3.63, 3.8) is 0 Å². The highest BCUT2D eigenvalue weighted by molar-refractivity contribution is 6.32. The lowest BCUT2D eigenvalue weighted by atomic mass is 10.1. The molecule has 2 aromatic heterocycles. The molecule has 1 aromatic carbocycles. The van der Waals surface area contributed by atoms with Crippen LogP contribution < -0.4 is 0 Å². The van der Waals surface area contributed by atoms with E-state index in [1.165, 1.54) is 6.33 Å². The number of para-hydroxylation sites is 1. The molecule has 0 spiro atoms. The fourth-order valence-electron chi connectivity index (χ4n) is 1.96. The Hall–Kier alpha value is -1.94. The largest absolute Gasteiger partial charge is 0.350 e. The monoisotopic (exact) mass is 244 g/mol. The molecule has 0 saturated carbocycles. The fourth-order valence-corrected chi connectivity index (χ4v) is 2.14. The summed E-state index contributed by atoms with van der Waals surface area (Å²) in [4.78, 5) is 3.95. The Morgan fingerprint density at radius 2 is 2.06 bits per heavy atom. The molecule has 3 rings (SSSR count). The summed E-state index contributed by atoms with van der Waals surface area (Å²) >= 11 is 6.05. The first-order valence-corrected chi connectivity index (χ1v) is 5.53. The zero-order chi connectivity index (χ0) is 11.8. The molecular weight excluding hydrogens is 236 g/mol. The van der Waals surface area contributed by atoms with Crippen molar-refractivity contribution < 1.29 is 0 Å². The van der Waals surface area contributed by atoms with Gasteiger partial charge in [-0.05, 0) is 6.07 Å². The molecule has 0 aliphatic rings. The van der Waals surface area contributed by atoms with E-state index in [1.807, 2.05) is 36.0 Å². The molecule has 2 heterocycles. The van der Waals surface area contributed by atoms with Crippen LogP contribution in [0.4, 0.5) is 0 Å². The minimum Gasteiger partial charge on any atom is -0.350 e. The van der Waals surface area contributed by atoms with Crippen LogP contribution in [0.1, 0.15) is 0 Å². The Morgan fingerprint density at radius 1 is 1.24 bits per heavy atom. The van der Waals surface area contributed by atoms with Gasteiger partial charge in [-0.1, -0.05) is 29.8 Å². The molecule has 0 aliphatic carbocycles. The highest BCUT2D eigenvalue weighted by Crippen LogP contribution is 2.31. The third-order valence-electron chi connectivity index (χ3n) is 2.73. The number of halogens is 1. The molecule has 0 atom stereocenters. The normalized spacial score (nSPS) is 10.9. The highest BCUT2D eigenvalue weighted by atomic mass is 35.5. The Labute approximate surface area is 103 Å². The summed E-state index contributed by atoms with van der Waals surface area (Å²) < 4.78 is 2.04. The first kappa shape index (κ1) is 10.2. The maximum Gasteiger partial charge on any atom is 0.159 e. The molecule has 4 nitrogen and oxygen atoms in total. The topological polar surface area (TPSA) is 43.6 Å². The van der Waals surface area contributed by atoms with Crippen molar-refractivity contribution in [3.05, 3.63) is 41.9 Å². The zero-order valence-electron chi connectivity index (χ0n) is 9.13. The average molecular weight is 245 g/mol. The summed E-state index contributed by atoms with van der Waals surface area (Å²) in [5.41, 5.74) is 2.70. The van der Waals surface area contributed by atoms with Gasteiger partial charge in [-0.3, -0.25) is 0 Å². The van der Waals surface area contributed by atoms with E-state index in [0.29, 0.717) is 10.8 Å². The van der Waals surface area contributed by atoms with Crippen molar-refractivity contribution in [2.45, 2.75) is 0 Å². The molecular formula is C12H9ClN4. The van der Waals surface area contributed by atoms with Crippen LogP contribution in [0.2, 0.25) is 5.15 Å². The maximum absolute atomic E-state index is 6.05. The molecule has 0 amide bonds. The molecule has 0 bridgehead atoms. The first-order chi connectivity index (χ1) is 8.27. The summed E-state index contributed by atoms with van der Waals surface area (Å²) in [6, 6.07) is 8.08. The number of hydrogen-bond acceptors (Lipinski definition) is 3. The summed E-state index contributed by atoms with van der Waals surface area (Å²) in [5, 5.41) is 9.31. The minimum atomic E-state index is 0.372. The Kier molecular flexibility index (Phi) is 2.30. The third kappa shape index (κ3) is 1.57. The van der Waals surface area contributed by atoms with E-state index >= 15 is 0 Å². The maximum atomic E-state index is 6.05. The van der Waals surface area contributed by atoms with Crippen LogP contribution in [0.3, 0.4) is 0 Å². The lowest BCUT2D eigenvalue weighted by Gasteiger charge is -1.98. The van der Waals surface area contributed by atoms with Gasteiger partial charge >= 0.3 is 0 Å². The van der Waals surface area contributed by atoms with Crippen molar-refractivity contribution >= 4 is 22.5 Å². The molecule has 0 aliphatic heterocycles. The van der Waals surface area contributed by atoms with Crippen molar-refractivity contribution in [1.29, 1.82) is 0 Å². The standard InChI is InChI=1S/C12H9ClN4/c1-17-6-9(8-4-2-3-5-10(8)17)11-12(13)14-7-15-16-11/h2-7H,1H3. The van der Waals surface area contributed by atoms with Gasteiger partial charge in [0.25, 0.3) is 0 Å². The second kappa shape index (κ2) is 3.82. The predicted octanol–water partition coefficient (Wildman–Crippen LogP) is 2.68. The highest BCUT2D eigenvalue weighted by Gasteiger charge is 2.13. The van der Waals surface area contributed by atoms with Gasteiger partial charge in [0.05, 0.1) is 0 Å². The lowest BCUT2D eigenvalue weighted by molar-refractivity contribution is 0.957. The molecule has 0 unspecified atom stereocenters. The quantitative estimate of drug-likeness (QED) is 0.661. The second-order valence-electron chi connectivity index (χ2n) is 3.77. The number of nitrogens with zero attached hydrogens (tertiary/aromatic N) is 4. The molecule has 84 valence electrons. The number of hydrogen-bond donors (Lipinski definition) is 0. The van der Waals surface area contributed by atoms with Crippen LogP contribution >= 0.6 is 11.6 Å². The number of fused-ring (bicyclic) bond motifs is 1. The Balaban J connectivity index is 2.35. The van der Waals surface area contributed by atoms with Gasteiger partial charge in [0, 0.05) is 29.7 Å². The molecule has 3 aromatic rings. The van der Waals surface area contributed by atoms with E-state index in [2.05, 4.69) is 21.2 Å². The van der Waals surface area contributed by atoms with Crippen LogP contribution in [-0.4, -0.2) is 19.7 Å². The number of aryl methyl sites for hydroxylation is 1. The van der Waals surface area contributed by atoms with E-state index in [-0.39, 0.29) is 0 Å². The van der Waals surface area contributed by atoms with E-state index in [4.69, 9.17) is 11.6 Å². The van der Waals surface area contributed by atoms with Crippen LogP contribution in [0.5, 0.6) is 0 Å². The van der Waals surface area contributed by atoms with Crippen molar-refractivity contribution in [1.82, 2.24) is 19.7 Å². The van der Waals surface area contributed by atoms with E-state index in [1.54, 1.807) is 0 Å². The van der Waals surface area contributed by atoms with Crippen molar-refractivity contribution in [2.75, 3.05) is 0 Å². The molecule has 0 saturated heterocycles. The predicted molar refractivity (Wildman–Crippen MR) is 66.8 cm³/mol. The second-order valence-corrected chi connectivity index (χ2v) is 4.13. The van der Waals surface area contributed by atoms with Gasteiger partial charge in [-0.25, -0.2) is 4.98 Å². The molecule has 0 fully saturated rings. The van der Waals surface area contributed by atoms with Gasteiger partial charge in [-0.15, -0.1) is 10.2 Å². The summed E-state index contributed by atoms with van der Waals surface area (Å²) in [6.45, 7) is 0. The van der Waals surface area contributed by atoms with Gasteiger partial charge in [0.1, 0.15) is 12.0 Å². The third-order valence-corrected chi connectivity index (χ3v) is 3.00. The minimum absolute atomic E-state index is 0.372. The number of benzene rings is 1. The van der Waals surface area contributed by atoms with Crippen LogP contribution in [0.15, 0.2) is 36.8 Å². The number of rotatable bonds is 1. The van der Waals surface area contributed by atoms with E-state index in [0.717, 1.165) is 16.5 Å². The Morgan fingerprint density at radius 3 is 2.88 bits per heavy atom. The molecule has 17 heavy (non-hydrogen) atoms. The van der Waals surface area contributed by atoms with Crippen molar-refractivity contribution in [2.24, 2.45) is 7.05 Å². The smallest absolute Gasteiger partial charge is 0.159 e.